The molecule has 3 aliphatic heterocycles. The summed E-state index contributed by atoms with van der Waals surface area (Å²) in [5.41, 5.74) is 0. The molecule has 0 bridgehead atoms. The molecule has 0 aromatic rings. The molecule has 450 valence electrons. The van der Waals surface area contributed by atoms with Crippen molar-refractivity contribution < 1.29 is 89.4 Å². The van der Waals surface area contributed by atoms with E-state index < -0.39 is 124 Å². The normalized spacial score (nSPS) is 31.0. The average Bonchev–Trinajstić information content (AvgIpc) is 3.47. The van der Waals surface area contributed by atoms with Crippen LogP contribution in [0.1, 0.15) is 162 Å². The van der Waals surface area contributed by atoms with Crippen LogP contribution < -0.4 is 5.32 Å². The molecule has 3 rings (SSSR count). The summed E-state index contributed by atoms with van der Waals surface area (Å²) in [7, 11) is 0. The van der Waals surface area contributed by atoms with Gasteiger partial charge in [-0.1, -0.05) is 151 Å². The molecular formula is C59H101NO18. The van der Waals surface area contributed by atoms with Crippen LogP contribution in [0.3, 0.4) is 0 Å². The van der Waals surface area contributed by atoms with E-state index in [0.717, 1.165) is 77.0 Å². The van der Waals surface area contributed by atoms with Gasteiger partial charge in [0.2, 0.25) is 5.91 Å². The van der Waals surface area contributed by atoms with Crippen LogP contribution in [0.15, 0.2) is 72.9 Å². The third-order valence-corrected chi connectivity index (χ3v) is 14.2. The van der Waals surface area contributed by atoms with Gasteiger partial charge in [-0.3, -0.25) is 4.79 Å². The molecule has 3 heterocycles. The van der Waals surface area contributed by atoms with Gasteiger partial charge in [0.1, 0.15) is 73.2 Å². The van der Waals surface area contributed by atoms with Crippen LogP contribution in [-0.4, -0.2) is 193 Å². The second-order valence-corrected chi connectivity index (χ2v) is 20.7. The van der Waals surface area contributed by atoms with Crippen molar-refractivity contribution >= 4 is 5.91 Å². The van der Waals surface area contributed by atoms with Crippen molar-refractivity contribution in [3.05, 3.63) is 72.9 Å². The standard InChI is InChI=1S/C59H101NO18/c1-3-5-7-9-11-13-15-17-19-20-21-23-24-26-28-30-32-34-36-43(64)42(60-47(65)37-35-33-31-29-27-25-22-18-16-14-12-10-8-6-4-2)41-73-57-53(71)50(68)55(45(39-62)75-57)78-59-54(72)51(69)56(46(40-63)76-59)77-58-52(70)49(67)48(66)44(38-61)74-58/h6,8,12,14,18,20-22,26,28,34,36,42-46,48-59,61-64,66-72H,3-5,7,9-11,13,15-17,19,23-25,27,29-33,35,37-41H2,1-2H3,(H,60,65)/b8-6-,14-12-,21-20+,22-18-,28-26+,36-34+. The van der Waals surface area contributed by atoms with Crippen LogP contribution >= 0.6 is 0 Å². The minimum absolute atomic E-state index is 0.209. The maximum absolute atomic E-state index is 13.3. The van der Waals surface area contributed by atoms with Crippen molar-refractivity contribution in [1.29, 1.82) is 0 Å². The Morgan fingerprint density at radius 2 is 0.897 bits per heavy atom. The van der Waals surface area contributed by atoms with E-state index in [1.807, 2.05) is 6.08 Å². The monoisotopic (exact) mass is 1110 g/mol. The summed E-state index contributed by atoms with van der Waals surface area (Å²) in [6.07, 6.45) is 21.7. The number of aliphatic hydroxyl groups is 11. The van der Waals surface area contributed by atoms with Gasteiger partial charge in [0.05, 0.1) is 38.6 Å². The van der Waals surface area contributed by atoms with Gasteiger partial charge in [-0.15, -0.1) is 0 Å². The molecule has 0 saturated carbocycles. The number of hydrogen-bond donors (Lipinski definition) is 12. The lowest BCUT2D eigenvalue weighted by molar-refractivity contribution is -0.379. The van der Waals surface area contributed by atoms with Gasteiger partial charge in [-0.25, -0.2) is 0 Å². The van der Waals surface area contributed by atoms with E-state index in [-0.39, 0.29) is 18.9 Å². The number of amides is 1. The van der Waals surface area contributed by atoms with Crippen LogP contribution in [0.25, 0.3) is 0 Å². The predicted molar refractivity (Wildman–Crippen MR) is 295 cm³/mol. The maximum atomic E-state index is 13.3. The van der Waals surface area contributed by atoms with E-state index in [4.69, 9.17) is 28.4 Å². The van der Waals surface area contributed by atoms with E-state index in [1.54, 1.807) is 6.08 Å². The summed E-state index contributed by atoms with van der Waals surface area (Å²) in [5, 5.41) is 120. The number of allylic oxidation sites excluding steroid dienone is 11. The number of nitrogens with one attached hydrogen (secondary N) is 1. The highest BCUT2D eigenvalue weighted by molar-refractivity contribution is 5.76. The average molecular weight is 1110 g/mol. The molecule has 17 unspecified atom stereocenters. The largest absolute Gasteiger partial charge is 0.394 e. The Labute approximate surface area is 464 Å². The molecule has 0 aromatic carbocycles. The van der Waals surface area contributed by atoms with Crippen LogP contribution in [0.5, 0.6) is 0 Å². The summed E-state index contributed by atoms with van der Waals surface area (Å²) >= 11 is 0. The van der Waals surface area contributed by atoms with Crippen molar-refractivity contribution in [2.45, 2.75) is 266 Å². The SMILES string of the molecule is CC/C=C\C/C=C\C/C=C\CCCCCCCC(=O)NC(COC1OC(CO)C(OC2OC(CO)C(OC3OC(CO)C(O)C(O)C3O)C(O)C2O)C(O)C1O)C(O)/C=C/CC/C=C/CC/C=C/CCCCCCCCCC. The number of carbonyl (C=O) groups is 1. The van der Waals surface area contributed by atoms with Crippen molar-refractivity contribution in [3.8, 4) is 0 Å². The first-order valence-corrected chi connectivity index (χ1v) is 29.2. The first kappa shape index (κ1) is 69.5. The van der Waals surface area contributed by atoms with E-state index >= 15 is 0 Å². The highest BCUT2D eigenvalue weighted by Gasteiger charge is 2.53. The van der Waals surface area contributed by atoms with Gasteiger partial charge in [-0.05, 0) is 77.0 Å². The molecule has 17 atom stereocenters. The third-order valence-electron chi connectivity index (χ3n) is 14.2. The lowest BCUT2D eigenvalue weighted by Gasteiger charge is -2.48. The molecule has 1 amide bonds. The second-order valence-electron chi connectivity index (χ2n) is 20.7. The van der Waals surface area contributed by atoms with E-state index in [2.05, 4.69) is 79.9 Å². The first-order chi connectivity index (χ1) is 37.8. The molecule has 3 aliphatic rings. The van der Waals surface area contributed by atoms with Crippen LogP contribution in [0.4, 0.5) is 0 Å². The molecule has 3 saturated heterocycles. The smallest absolute Gasteiger partial charge is 0.220 e. The summed E-state index contributed by atoms with van der Waals surface area (Å²) in [4.78, 5) is 13.3. The number of hydrogen-bond acceptors (Lipinski definition) is 18. The molecule has 12 N–H and O–H groups in total. The summed E-state index contributed by atoms with van der Waals surface area (Å²) in [6, 6.07) is -1.01. The zero-order valence-electron chi connectivity index (χ0n) is 46.6. The molecule has 0 spiro atoms. The number of ether oxygens (including phenoxy) is 6. The van der Waals surface area contributed by atoms with E-state index in [9.17, 15) is 61.0 Å². The van der Waals surface area contributed by atoms with Gasteiger partial charge in [0, 0.05) is 6.42 Å². The topological polar surface area (TPSA) is 307 Å². The third kappa shape index (κ3) is 26.0. The Morgan fingerprint density at radius 3 is 1.44 bits per heavy atom. The van der Waals surface area contributed by atoms with Gasteiger partial charge < -0.3 is 89.9 Å². The fraction of sp³-hybridized carbons (Fsp3) is 0.780. The van der Waals surface area contributed by atoms with Gasteiger partial charge in [0.15, 0.2) is 18.9 Å². The Balaban J connectivity index is 1.55. The molecule has 0 aromatic heterocycles. The Kier molecular flexibility index (Phi) is 37.5. The highest BCUT2D eigenvalue weighted by Crippen LogP contribution is 2.33. The van der Waals surface area contributed by atoms with E-state index in [1.165, 1.54) is 51.4 Å². The minimum atomic E-state index is -1.99. The van der Waals surface area contributed by atoms with Crippen molar-refractivity contribution in [3.63, 3.8) is 0 Å². The van der Waals surface area contributed by atoms with Crippen LogP contribution in [0, 0.1) is 0 Å². The minimum Gasteiger partial charge on any atom is -0.394 e. The van der Waals surface area contributed by atoms with E-state index in [0.29, 0.717) is 12.8 Å². The lowest BCUT2D eigenvalue weighted by Crippen LogP contribution is -2.66. The maximum Gasteiger partial charge on any atom is 0.220 e. The molecular weight excluding hydrogens is 1010 g/mol. The molecule has 78 heavy (non-hydrogen) atoms. The number of rotatable bonds is 41. The van der Waals surface area contributed by atoms with Crippen LogP contribution in [0.2, 0.25) is 0 Å². The zero-order valence-corrected chi connectivity index (χ0v) is 46.6. The van der Waals surface area contributed by atoms with Crippen molar-refractivity contribution in [2.75, 3.05) is 26.4 Å². The van der Waals surface area contributed by atoms with Crippen molar-refractivity contribution in [1.82, 2.24) is 5.32 Å². The van der Waals surface area contributed by atoms with Gasteiger partial charge >= 0.3 is 0 Å². The Hall–Kier alpha value is -2.77. The molecule has 3 fully saturated rings. The number of unbranched alkanes of at least 4 members (excludes halogenated alkanes) is 15. The molecule has 19 heteroatoms. The predicted octanol–water partition coefficient (Wildman–Crippen LogP) is 4.65. The fourth-order valence-corrected chi connectivity index (χ4v) is 9.41. The van der Waals surface area contributed by atoms with Gasteiger partial charge in [-0.2, -0.15) is 0 Å². The fourth-order valence-electron chi connectivity index (χ4n) is 9.41. The summed E-state index contributed by atoms with van der Waals surface area (Å²) in [5.74, 6) is -0.311. The van der Waals surface area contributed by atoms with Crippen molar-refractivity contribution in [2.24, 2.45) is 0 Å². The molecule has 0 radical (unpaired) electrons. The summed E-state index contributed by atoms with van der Waals surface area (Å²) in [6.45, 7) is 1.53. The number of carbonyl (C=O) groups excluding carboxylic acids is 1. The Bertz CT molecular complexity index is 1710. The van der Waals surface area contributed by atoms with Gasteiger partial charge in [0.25, 0.3) is 0 Å². The van der Waals surface area contributed by atoms with Crippen LogP contribution in [-0.2, 0) is 33.2 Å². The highest BCUT2D eigenvalue weighted by atomic mass is 16.8. The zero-order chi connectivity index (χ0) is 56.9. The molecule has 0 aliphatic carbocycles. The summed E-state index contributed by atoms with van der Waals surface area (Å²) < 4.78 is 34.2. The second kappa shape index (κ2) is 42.1. The first-order valence-electron chi connectivity index (χ1n) is 29.2. The quantitative estimate of drug-likeness (QED) is 0.0293. The lowest BCUT2D eigenvalue weighted by atomic mass is 9.96. The number of aliphatic hydroxyl groups excluding tert-OH is 11. The molecule has 19 nitrogen and oxygen atoms in total. The Morgan fingerprint density at radius 1 is 0.474 bits per heavy atom.